The van der Waals surface area contributed by atoms with Gasteiger partial charge in [0, 0.05) is 5.69 Å². The van der Waals surface area contributed by atoms with Crippen molar-refractivity contribution in [2.24, 2.45) is 0 Å². The SMILES string of the molecule is Cc1nc2ccc(NC(=O)c3ccoc3Br)cc2[nH]1. The molecule has 5 nitrogen and oxygen atoms in total. The Morgan fingerprint density at radius 1 is 1.42 bits per heavy atom. The van der Waals surface area contributed by atoms with Crippen LogP contribution in [0, 0.1) is 6.92 Å². The number of halogens is 1. The number of fused-ring (bicyclic) bond motifs is 1. The molecule has 0 bridgehead atoms. The number of furan rings is 1. The molecule has 19 heavy (non-hydrogen) atoms. The Balaban J connectivity index is 1.89. The molecule has 3 aromatic rings. The van der Waals surface area contributed by atoms with Gasteiger partial charge in [-0.2, -0.15) is 0 Å². The van der Waals surface area contributed by atoms with Gasteiger partial charge in [0.05, 0.1) is 22.9 Å². The maximum absolute atomic E-state index is 12.0. The summed E-state index contributed by atoms with van der Waals surface area (Å²) in [7, 11) is 0. The van der Waals surface area contributed by atoms with Gasteiger partial charge in [-0.05, 0) is 47.1 Å². The predicted octanol–water partition coefficient (Wildman–Crippen LogP) is 3.48. The van der Waals surface area contributed by atoms with Crippen LogP contribution in [-0.4, -0.2) is 15.9 Å². The van der Waals surface area contributed by atoms with Crippen LogP contribution in [0.1, 0.15) is 16.2 Å². The van der Waals surface area contributed by atoms with Crippen LogP contribution in [0.25, 0.3) is 11.0 Å². The molecule has 2 aromatic heterocycles. The Morgan fingerprint density at radius 3 is 3.00 bits per heavy atom. The van der Waals surface area contributed by atoms with Crippen molar-refractivity contribution in [3.05, 3.63) is 46.6 Å². The number of nitrogens with one attached hydrogen (secondary N) is 2. The second-order valence-corrected chi connectivity index (χ2v) is 4.84. The molecule has 2 heterocycles. The molecule has 0 aliphatic carbocycles. The number of aromatic amines is 1. The highest BCUT2D eigenvalue weighted by Crippen LogP contribution is 2.21. The Kier molecular flexibility index (Phi) is 2.87. The van der Waals surface area contributed by atoms with Crippen LogP contribution in [0.2, 0.25) is 0 Å². The lowest BCUT2D eigenvalue weighted by Gasteiger charge is -2.03. The molecule has 3 rings (SSSR count). The molecule has 1 aromatic carbocycles. The van der Waals surface area contributed by atoms with Crippen molar-refractivity contribution in [3.8, 4) is 0 Å². The summed E-state index contributed by atoms with van der Waals surface area (Å²) in [5.41, 5.74) is 2.93. The first-order valence-electron chi connectivity index (χ1n) is 5.64. The van der Waals surface area contributed by atoms with Crippen LogP contribution >= 0.6 is 15.9 Å². The topological polar surface area (TPSA) is 70.9 Å². The molecule has 6 heteroatoms. The minimum absolute atomic E-state index is 0.226. The van der Waals surface area contributed by atoms with Gasteiger partial charge in [0.25, 0.3) is 5.91 Å². The van der Waals surface area contributed by atoms with Crippen molar-refractivity contribution in [1.82, 2.24) is 9.97 Å². The van der Waals surface area contributed by atoms with Crippen molar-refractivity contribution in [2.45, 2.75) is 6.92 Å². The van der Waals surface area contributed by atoms with E-state index in [2.05, 4.69) is 31.2 Å². The summed E-state index contributed by atoms with van der Waals surface area (Å²) in [5, 5.41) is 2.81. The van der Waals surface area contributed by atoms with E-state index in [9.17, 15) is 4.79 Å². The van der Waals surface area contributed by atoms with Gasteiger partial charge in [-0.3, -0.25) is 4.79 Å². The van der Waals surface area contributed by atoms with E-state index >= 15 is 0 Å². The molecule has 0 unspecified atom stereocenters. The third-order valence-corrected chi connectivity index (χ3v) is 3.33. The standard InChI is InChI=1S/C13H10BrN3O2/c1-7-15-10-3-2-8(6-11(10)16-7)17-13(18)9-4-5-19-12(9)14/h2-6H,1H3,(H,15,16)(H,17,18). The molecule has 0 aliphatic heterocycles. The van der Waals surface area contributed by atoms with Gasteiger partial charge >= 0.3 is 0 Å². The number of carbonyl (C=O) groups excluding carboxylic acids is 1. The zero-order chi connectivity index (χ0) is 13.4. The summed E-state index contributed by atoms with van der Waals surface area (Å²) in [6.07, 6.45) is 1.46. The van der Waals surface area contributed by atoms with Crippen LogP contribution in [0.5, 0.6) is 0 Å². The molecule has 2 N–H and O–H groups in total. The van der Waals surface area contributed by atoms with Crippen LogP contribution in [-0.2, 0) is 0 Å². The Morgan fingerprint density at radius 2 is 2.26 bits per heavy atom. The zero-order valence-corrected chi connectivity index (χ0v) is 11.6. The Bertz CT molecular complexity index is 760. The summed E-state index contributed by atoms with van der Waals surface area (Å²) < 4.78 is 5.46. The van der Waals surface area contributed by atoms with E-state index in [1.807, 2.05) is 25.1 Å². The van der Waals surface area contributed by atoms with Gasteiger partial charge in [0.1, 0.15) is 5.82 Å². The van der Waals surface area contributed by atoms with Gasteiger partial charge in [0.2, 0.25) is 0 Å². The number of anilines is 1. The van der Waals surface area contributed by atoms with Gasteiger partial charge in [-0.1, -0.05) is 0 Å². The normalized spacial score (nSPS) is 10.8. The summed E-state index contributed by atoms with van der Waals surface area (Å²) in [6.45, 7) is 1.89. The number of imidazole rings is 1. The number of carbonyl (C=O) groups is 1. The van der Waals surface area contributed by atoms with Crippen molar-refractivity contribution in [1.29, 1.82) is 0 Å². The minimum atomic E-state index is -0.226. The second kappa shape index (κ2) is 4.55. The van der Waals surface area contributed by atoms with Gasteiger partial charge in [-0.25, -0.2) is 4.98 Å². The van der Waals surface area contributed by atoms with Crippen LogP contribution in [0.4, 0.5) is 5.69 Å². The second-order valence-electron chi connectivity index (χ2n) is 4.12. The molecule has 0 fully saturated rings. The fourth-order valence-electron chi connectivity index (χ4n) is 1.87. The van der Waals surface area contributed by atoms with E-state index in [4.69, 9.17) is 4.42 Å². The summed E-state index contributed by atoms with van der Waals surface area (Å²) in [6, 6.07) is 7.13. The quantitative estimate of drug-likeness (QED) is 0.759. The van der Waals surface area contributed by atoms with Crippen molar-refractivity contribution in [2.75, 3.05) is 5.32 Å². The zero-order valence-electron chi connectivity index (χ0n) is 10.0. The first-order chi connectivity index (χ1) is 9.13. The first kappa shape index (κ1) is 12.0. The molecule has 0 atom stereocenters. The van der Waals surface area contributed by atoms with E-state index < -0.39 is 0 Å². The Hall–Kier alpha value is -2.08. The summed E-state index contributed by atoms with van der Waals surface area (Å²) in [4.78, 5) is 19.4. The first-order valence-corrected chi connectivity index (χ1v) is 6.43. The van der Waals surface area contributed by atoms with E-state index in [1.165, 1.54) is 6.26 Å². The average Bonchev–Trinajstić information content (AvgIpc) is 2.93. The number of aryl methyl sites for hydroxylation is 1. The smallest absolute Gasteiger partial charge is 0.260 e. The molecular formula is C13H10BrN3O2. The van der Waals surface area contributed by atoms with Crippen molar-refractivity contribution in [3.63, 3.8) is 0 Å². The summed E-state index contributed by atoms with van der Waals surface area (Å²) in [5.74, 6) is 0.618. The Labute approximate surface area is 117 Å². The van der Waals surface area contributed by atoms with Gasteiger partial charge < -0.3 is 14.7 Å². The van der Waals surface area contributed by atoms with Crippen LogP contribution < -0.4 is 5.32 Å². The number of rotatable bonds is 2. The highest BCUT2D eigenvalue weighted by Gasteiger charge is 2.13. The number of amides is 1. The lowest BCUT2D eigenvalue weighted by Crippen LogP contribution is -2.11. The van der Waals surface area contributed by atoms with Crippen molar-refractivity contribution < 1.29 is 9.21 Å². The number of hydrogen-bond acceptors (Lipinski definition) is 3. The molecule has 0 aliphatic rings. The number of H-pyrrole nitrogens is 1. The molecular weight excluding hydrogens is 310 g/mol. The predicted molar refractivity (Wildman–Crippen MR) is 75.2 cm³/mol. The highest BCUT2D eigenvalue weighted by atomic mass is 79.9. The third-order valence-electron chi connectivity index (χ3n) is 2.72. The van der Waals surface area contributed by atoms with Crippen LogP contribution in [0.15, 0.2) is 39.6 Å². The molecule has 0 saturated heterocycles. The maximum atomic E-state index is 12.0. The van der Waals surface area contributed by atoms with E-state index in [0.29, 0.717) is 15.9 Å². The molecule has 0 radical (unpaired) electrons. The van der Waals surface area contributed by atoms with E-state index in [1.54, 1.807) is 6.07 Å². The molecule has 1 amide bonds. The minimum Gasteiger partial charge on any atom is -0.457 e. The third kappa shape index (κ3) is 2.26. The van der Waals surface area contributed by atoms with Crippen LogP contribution in [0.3, 0.4) is 0 Å². The number of nitrogens with zero attached hydrogens (tertiary/aromatic N) is 1. The largest absolute Gasteiger partial charge is 0.457 e. The fourth-order valence-corrected chi connectivity index (χ4v) is 2.29. The monoisotopic (exact) mass is 319 g/mol. The maximum Gasteiger partial charge on any atom is 0.260 e. The summed E-state index contributed by atoms with van der Waals surface area (Å²) >= 11 is 3.18. The lowest BCUT2D eigenvalue weighted by molar-refractivity contribution is 0.102. The number of aromatic nitrogens is 2. The molecule has 0 saturated carbocycles. The average molecular weight is 320 g/mol. The van der Waals surface area contributed by atoms with Gasteiger partial charge in [-0.15, -0.1) is 0 Å². The molecule has 0 spiro atoms. The highest BCUT2D eigenvalue weighted by molar-refractivity contribution is 9.10. The number of hydrogen-bond donors (Lipinski definition) is 2. The fraction of sp³-hybridized carbons (Fsp3) is 0.0769. The van der Waals surface area contributed by atoms with E-state index in [0.717, 1.165) is 16.9 Å². The van der Waals surface area contributed by atoms with E-state index in [-0.39, 0.29) is 5.91 Å². The number of benzene rings is 1. The lowest BCUT2D eigenvalue weighted by atomic mass is 10.2. The van der Waals surface area contributed by atoms with Crippen molar-refractivity contribution >= 4 is 38.6 Å². The van der Waals surface area contributed by atoms with Gasteiger partial charge in [0.15, 0.2) is 4.67 Å². The molecule has 96 valence electrons.